The minimum atomic E-state index is -1.64. The second-order valence-corrected chi connectivity index (χ2v) is 9.90. The highest BCUT2D eigenvalue weighted by Gasteiger charge is 2.40. The van der Waals surface area contributed by atoms with Crippen LogP contribution in [0.5, 0.6) is 0 Å². The van der Waals surface area contributed by atoms with E-state index in [4.69, 9.17) is 17.2 Å². The fraction of sp³-hybridized carbons (Fsp3) is 0.667. The van der Waals surface area contributed by atoms with E-state index in [0.29, 0.717) is 12.8 Å². The van der Waals surface area contributed by atoms with E-state index in [1.165, 1.54) is 0 Å². The van der Waals surface area contributed by atoms with Gasteiger partial charge in [-0.05, 0) is 25.2 Å². The van der Waals surface area contributed by atoms with Crippen molar-refractivity contribution in [1.82, 2.24) is 20.9 Å². The second kappa shape index (κ2) is 16.1. The Hall–Kier alpha value is -4.28. The minimum absolute atomic E-state index is 0.0106. The van der Waals surface area contributed by atoms with Crippen molar-refractivity contribution in [3.8, 4) is 0 Å². The number of amides is 6. The average Bonchev–Trinajstić information content (AvgIpc) is 3.37. The summed E-state index contributed by atoms with van der Waals surface area (Å²) in [7, 11) is 0. The van der Waals surface area contributed by atoms with Gasteiger partial charge in [-0.1, -0.05) is 20.3 Å². The molecule has 0 saturated carbocycles. The summed E-state index contributed by atoms with van der Waals surface area (Å²) >= 11 is 0. The van der Waals surface area contributed by atoms with E-state index in [9.17, 15) is 48.6 Å². The minimum Gasteiger partial charge on any atom is -0.481 e. The van der Waals surface area contributed by atoms with Gasteiger partial charge in [0.1, 0.15) is 24.2 Å². The van der Waals surface area contributed by atoms with Crippen LogP contribution in [0.2, 0.25) is 0 Å². The summed E-state index contributed by atoms with van der Waals surface area (Å²) in [5.41, 5.74) is 15.9. The van der Waals surface area contributed by atoms with Gasteiger partial charge < -0.3 is 48.3 Å². The predicted molar refractivity (Wildman–Crippen MR) is 140 cm³/mol. The van der Waals surface area contributed by atoms with Crippen LogP contribution in [0.25, 0.3) is 0 Å². The Kier molecular flexibility index (Phi) is 13.6. The Balaban J connectivity index is 3.11. The third-order valence-corrected chi connectivity index (χ3v) is 6.68. The first-order chi connectivity index (χ1) is 19.1. The summed E-state index contributed by atoms with van der Waals surface area (Å²) in [5.74, 6) is -8.50. The van der Waals surface area contributed by atoms with Gasteiger partial charge >= 0.3 is 11.9 Å². The molecule has 41 heavy (non-hydrogen) atoms. The van der Waals surface area contributed by atoms with Gasteiger partial charge in [-0.15, -0.1) is 0 Å². The summed E-state index contributed by atoms with van der Waals surface area (Å²) in [4.78, 5) is 98.2. The first-order valence-electron chi connectivity index (χ1n) is 13.1. The lowest BCUT2D eigenvalue weighted by atomic mass is 9.97. The predicted octanol–water partition coefficient (Wildman–Crippen LogP) is -3.49. The largest absolute Gasteiger partial charge is 0.481 e. The van der Waals surface area contributed by atoms with Gasteiger partial charge in [0.15, 0.2) is 0 Å². The molecule has 0 bridgehead atoms. The van der Waals surface area contributed by atoms with Gasteiger partial charge in [-0.2, -0.15) is 0 Å². The van der Waals surface area contributed by atoms with Crippen molar-refractivity contribution in [2.24, 2.45) is 23.1 Å². The molecule has 1 saturated heterocycles. The van der Waals surface area contributed by atoms with E-state index < -0.39 is 96.4 Å². The number of nitrogens with two attached hydrogens (primary N) is 3. The monoisotopic (exact) mass is 585 g/mol. The number of nitrogens with zero attached hydrogens (tertiary/aromatic N) is 1. The number of nitrogens with one attached hydrogen (secondary N) is 3. The second-order valence-electron chi connectivity index (χ2n) is 9.90. The van der Waals surface area contributed by atoms with E-state index >= 15 is 0 Å². The number of primary amides is 2. The summed E-state index contributed by atoms with van der Waals surface area (Å²) < 4.78 is 0. The third-order valence-electron chi connectivity index (χ3n) is 6.68. The number of rotatable bonds is 17. The number of carboxylic acids is 2. The number of hydrogen-bond acceptors (Lipinski definition) is 9. The summed E-state index contributed by atoms with van der Waals surface area (Å²) in [5, 5.41) is 25.7. The summed E-state index contributed by atoms with van der Waals surface area (Å²) in [6.07, 6.45) is -0.941. The SMILES string of the molecule is CC[C@H](C)[C@H](NC(=O)[C@@H](N)CCC(N)=O)C(=O)N[C@@H](CC(=O)O)C(=O)N1CCC[C@H]1C(=O)N[C@@H](CC(N)=O)C(=O)O. The van der Waals surface area contributed by atoms with Crippen LogP contribution in [0.1, 0.15) is 58.8 Å². The zero-order valence-corrected chi connectivity index (χ0v) is 23.0. The lowest BCUT2D eigenvalue weighted by Gasteiger charge is -2.31. The molecule has 0 aromatic heterocycles. The van der Waals surface area contributed by atoms with Crippen molar-refractivity contribution in [2.45, 2.75) is 89.0 Å². The van der Waals surface area contributed by atoms with E-state index in [1.54, 1.807) is 13.8 Å². The van der Waals surface area contributed by atoms with Crippen LogP contribution in [0.4, 0.5) is 0 Å². The molecule has 1 heterocycles. The third kappa shape index (κ3) is 11.0. The number of carboxylic acid groups (broad SMARTS) is 2. The van der Waals surface area contributed by atoms with Crippen LogP contribution in [0.3, 0.4) is 0 Å². The van der Waals surface area contributed by atoms with Crippen LogP contribution < -0.4 is 33.2 Å². The molecule has 11 N–H and O–H groups in total. The number of aliphatic carboxylic acids is 2. The number of carbonyl (C=O) groups excluding carboxylic acids is 6. The van der Waals surface area contributed by atoms with Gasteiger partial charge in [-0.25, -0.2) is 4.79 Å². The van der Waals surface area contributed by atoms with E-state index in [2.05, 4.69) is 16.0 Å². The van der Waals surface area contributed by atoms with Gasteiger partial charge in [0.25, 0.3) is 0 Å². The van der Waals surface area contributed by atoms with Crippen molar-refractivity contribution in [2.75, 3.05) is 6.54 Å². The molecule has 1 aliphatic heterocycles. The molecule has 0 aliphatic carbocycles. The molecular weight excluding hydrogens is 546 g/mol. The molecule has 1 aliphatic rings. The molecular formula is C24H39N7O10. The highest BCUT2D eigenvalue weighted by molar-refractivity contribution is 5.97. The molecule has 6 amide bonds. The Labute approximate surface area is 235 Å². The maximum absolute atomic E-state index is 13.4. The molecule has 17 nitrogen and oxygen atoms in total. The molecule has 1 rings (SSSR count). The van der Waals surface area contributed by atoms with E-state index in [-0.39, 0.29) is 25.8 Å². The van der Waals surface area contributed by atoms with Crippen molar-refractivity contribution in [3.63, 3.8) is 0 Å². The molecule has 1 fully saturated rings. The standard InChI is InChI=1S/C24H39N7O10/c1-3-11(2)19(30-20(36)12(25)6-7-16(26)32)22(38)28-13(10-18(34)35)23(39)31-8-4-5-15(31)21(37)29-14(24(40)41)9-17(27)33/h11-15,19H,3-10,25H2,1-2H3,(H2,26,32)(H2,27,33)(H,28,38)(H,29,37)(H,30,36)(H,34,35)(H,40,41)/t11-,12-,13-,14-,15-,19-/m0/s1. The van der Waals surface area contributed by atoms with Crippen LogP contribution in [0, 0.1) is 5.92 Å². The number of carbonyl (C=O) groups is 8. The molecule has 230 valence electrons. The molecule has 0 spiro atoms. The Morgan fingerprint density at radius 3 is 2.05 bits per heavy atom. The smallest absolute Gasteiger partial charge is 0.326 e. The first kappa shape index (κ1) is 34.7. The Morgan fingerprint density at radius 2 is 1.54 bits per heavy atom. The van der Waals surface area contributed by atoms with Gasteiger partial charge in [0, 0.05) is 13.0 Å². The number of hydrogen-bond donors (Lipinski definition) is 8. The molecule has 0 aromatic carbocycles. The number of likely N-dealkylation sites (tertiary alicyclic amines) is 1. The lowest BCUT2D eigenvalue weighted by molar-refractivity contribution is -0.147. The molecule has 0 aromatic rings. The van der Waals surface area contributed by atoms with Crippen LogP contribution >= 0.6 is 0 Å². The van der Waals surface area contributed by atoms with Crippen molar-refractivity contribution in [1.29, 1.82) is 0 Å². The molecule has 0 unspecified atom stereocenters. The van der Waals surface area contributed by atoms with Crippen molar-refractivity contribution >= 4 is 47.4 Å². The van der Waals surface area contributed by atoms with Crippen molar-refractivity contribution < 1.29 is 48.6 Å². The summed E-state index contributed by atoms with van der Waals surface area (Å²) in [6.45, 7) is 3.38. The normalized spacial score (nSPS) is 18.2. The maximum atomic E-state index is 13.4. The average molecular weight is 586 g/mol. The van der Waals surface area contributed by atoms with Crippen LogP contribution in [0.15, 0.2) is 0 Å². The van der Waals surface area contributed by atoms with Gasteiger partial charge in [-0.3, -0.25) is 33.6 Å². The van der Waals surface area contributed by atoms with E-state index in [1.807, 2.05) is 0 Å². The van der Waals surface area contributed by atoms with Crippen LogP contribution in [-0.2, 0) is 38.4 Å². The summed E-state index contributed by atoms with van der Waals surface area (Å²) in [6, 6.07) is -6.85. The zero-order valence-electron chi connectivity index (χ0n) is 23.0. The molecule has 0 radical (unpaired) electrons. The first-order valence-corrected chi connectivity index (χ1v) is 13.1. The lowest BCUT2D eigenvalue weighted by Crippen LogP contribution is -2.59. The maximum Gasteiger partial charge on any atom is 0.326 e. The fourth-order valence-corrected chi connectivity index (χ4v) is 4.20. The van der Waals surface area contributed by atoms with Gasteiger partial charge in [0.2, 0.25) is 35.4 Å². The van der Waals surface area contributed by atoms with E-state index in [0.717, 1.165) is 4.90 Å². The molecule has 17 heteroatoms. The molecule has 6 atom stereocenters. The van der Waals surface area contributed by atoms with Crippen molar-refractivity contribution in [3.05, 3.63) is 0 Å². The quantitative estimate of drug-likeness (QED) is 0.0828. The van der Waals surface area contributed by atoms with Gasteiger partial charge in [0.05, 0.1) is 18.9 Å². The highest BCUT2D eigenvalue weighted by atomic mass is 16.4. The Bertz CT molecular complexity index is 1040. The topological polar surface area (TPSA) is 294 Å². The Morgan fingerprint density at radius 1 is 0.902 bits per heavy atom. The van der Waals surface area contributed by atoms with Crippen LogP contribution in [-0.4, -0.2) is 99.2 Å². The fourth-order valence-electron chi connectivity index (χ4n) is 4.20. The highest BCUT2D eigenvalue weighted by Crippen LogP contribution is 2.20. The zero-order chi connectivity index (χ0) is 31.4.